The summed E-state index contributed by atoms with van der Waals surface area (Å²) in [5.41, 5.74) is 2.32. The maximum Gasteiger partial charge on any atom is 0.253 e. The van der Waals surface area contributed by atoms with Gasteiger partial charge in [0.25, 0.3) is 5.91 Å². The van der Waals surface area contributed by atoms with Crippen molar-refractivity contribution >= 4 is 17.3 Å². The van der Waals surface area contributed by atoms with Crippen LogP contribution in [-0.2, 0) is 0 Å². The van der Waals surface area contributed by atoms with Gasteiger partial charge in [0.05, 0.1) is 18.4 Å². The topological polar surface area (TPSA) is 62.4 Å². The molecule has 2 aromatic carbocycles. The molecule has 0 heterocycles. The van der Waals surface area contributed by atoms with E-state index in [2.05, 4.69) is 16.0 Å². The van der Waals surface area contributed by atoms with Crippen LogP contribution in [0.25, 0.3) is 0 Å². The second kappa shape index (κ2) is 8.80. The Hall–Kier alpha value is -2.53. The van der Waals surface area contributed by atoms with E-state index in [9.17, 15) is 4.79 Å². The minimum Gasteiger partial charge on any atom is -0.497 e. The number of rotatable bonds is 8. The van der Waals surface area contributed by atoms with Crippen molar-refractivity contribution in [2.75, 3.05) is 32.6 Å². The Bertz CT molecular complexity index is 626. The van der Waals surface area contributed by atoms with Crippen molar-refractivity contribution < 1.29 is 9.53 Å². The van der Waals surface area contributed by atoms with Gasteiger partial charge in [-0.1, -0.05) is 12.1 Å². The minimum atomic E-state index is -0.0716. The highest BCUT2D eigenvalue weighted by atomic mass is 16.5. The summed E-state index contributed by atoms with van der Waals surface area (Å²) in [6.07, 6.45) is 0.899. The summed E-state index contributed by atoms with van der Waals surface area (Å²) in [5, 5.41) is 9.28. The van der Waals surface area contributed by atoms with Crippen molar-refractivity contribution in [3.8, 4) is 5.75 Å². The summed E-state index contributed by atoms with van der Waals surface area (Å²) < 4.78 is 5.15. The van der Waals surface area contributed by atoms with Gasteiger partial charge in [-0.15, -0.1) is 0 Å². The van der Waals surface area contributed by atoms with Crippen molar-refractivity contribution in [3.05, 3.63) is 54.1 Å². The van der Waals surface area contributed by atoms with Crippen LogP contribution >= 0.6 is 0 Å². The second-order valence-electron chi connectivity index (χ2n) is 5.11. The Morgan fingerprint density at radius 1 is 1.04 bits per heavy atom. The number of carbonyl (C=O) groups is 1. The monoisotopic (exact) mass is 313 g/mol. The van der Waals surface area contributed by atoms with Crippen LogP contribution in [0.4, 0.5) is 11.4 Å². The van der Waals surface area contributed by atoms with E-state index >= 15 is 0 Å². The summed E-state index contributed by atoms with van der Waals surface area (Å²) in [5.74, 6) is 0.726. The van der Waals surface area contributed by atoms with Crippen LogP contribution < -0.4 is 20.7 Å². The van der Waals surface area contributed by atoms with Crippen LogP contribution in [0.15, 0.2) is 48.5 Å². The minimum absolute atomic E-state index is 0.0716. The molecule has 23 heavy (non-hydrogen) atoms. The SMILES string of the molecule is CNCCCNC(=O)c1ccccc1Nc1ccc(OC)cc1. The molecule has 0 bridgehead atoms. The molecule has 3 N–H and O–H groups in total. The smallest absolute Gasteiger partial charge is 0.253 e. The maximum atomic E-state index is 12.3. The number of benzene rings is 2. The Labute approximate surface area is 137 Å². The third-order valence-corrected chi connectivity index (χ3v) is 3.43. The normalized spacial score (nSPS) is 10.2. The summed E-state index contributed by atoms with van der Waals surface area (Å²) in [6.45, 7) is 1.53. The van der Waals surface area contributed by atoms with E-state index in [0.717, 1.165) is 30.1 Å². The Morgan fingerprint density at radius 3 is 2.48 bits per heavy atom. The molecule has 0 atom stereocenters. The largest absolute Gasteiger partial charge is 0.497 e. The molecule has 0 aromatic heterocycles. The van der Waals surface area contributed by atoms with E-state index in [1.165, 1.54) is 0 Å². The summed E-state index contributed by atoms with van der Waals surface area (Å²) >= 11 is 0. The molecule has 0 radical (unpaired) electrons. The molecule has 0 saturated carbocycles. The van der Waals surface area contributed by atoms with E-state index in [-0.39, 0.29) is 5.91 Å². The lowest BCUT2D eigenvalue weighted by Gasteiger charge is -2.12. The lowest BCUT2D eigenvalue weighted by molar-refractivity contribution is 0.0954. The van der Waals surface area contributed by atoms with E-state index in [1.54, 1.807) is 7.11 Å². The van der Waals surface area contributed by atoms with E-state index in [4.69, 9.17) is 4.74 Å². The van der Waals surface area contributed by atoms with Gasteiger partial charge >= 0.3 is 0 Å². The molecule has 2 rings (SSSR count). The van der Waals surface area contributed by atoms with Gasteiger partial charge in [-0.3, -0.25) is 4.79 Å². The van der Waals surface area contributed by atoms with Gasteiger partial charge in [-0.05, 0) is 56.4 Å². The van der Waals surface area contributed by atoms with Gasteiger partial charge in [0.2, 0.25) is 0 Å². The number of amides is 1. The fraction of sp³-hybridized carbons (Fsp3) is 0.278. The fourth-order valence-corrected chi connectivity index (χ4v) is 2.18. The summed E-state index contributed by atoms with van der Waals surface area (Å²) in [4.78, 5) is 12.3. The number of para-hydroxylation sites is 1. The summed E-state index contributed by atoms with van der Waals surface area (Å²) in [7, 11) is 3.53. The van der Waals surface area contributed by atoms with Gasteiger partial charge in [0.15, 0.2) is 0 Å². The van der Waals surface area contributed by atoms with Crippen molar-refractivity contribution in [3.63, 3.8) is 0 Å². The first kappa shape index (κ1) is 16.8. The van der Waals surface area contributed by atoms with Gasteiger partial charge < -0.3 is 20.7 Å². The number of methoxy groups -OCH3 is 1. The first-order valence-electron chi connectivity index (χ1n) is 7.67. The predicted molar refractivity (Wildman–Crippen MR) is 93.6 cm³/mol. The molecule has 0 spiro atoms. The first-order valence-corrected chi connectivity index (χ1v) is 7.67. The molecule has 2 aromatic rings. The van der Waals surface area contributed by atoms with Crippen molar-refractivity contribution in [1.82, 2.24) is 10.6 Å². The highest BCUT2D eigenvalue weighted by Crippen LogP contribution is 2.22. The van der Waals surface area contributed by atoms with Crippen LogP contribution in [0.5, 0.6) is 5.75 Å². The maximum absolute atomic E-state index is 12.3. The van der Waals surface area contributed by atoms with Crippen LogP contribution in [0, 0.1) is 0 Å². The van der Waals surface area contributed by atoms with Gasteiger partial charge in [0.1, 0.15) is 5.75 Å². The lowest BCUT2D eigenvalue weighted by Crippen LogP contribution is -2.27. The number of carbonyl (C=O) groups excluding carboxylic acids is 1. The zero-order chi connectivity index (χ0) is 16.5. The van der Waals surface area contributed by atoms with Gasteiger partial charge in [0, 0.05) is 12.2 Å². The number of anilines is 2. The van der Waals surface area contributed by atoms with Crippen molar-refractivity contribution in [1.29, 1.82) is 0 Å². The van der Waals surface area contributed by atoms with E-state index in [1.807, 2.05) is 55.6 Å². The number of hydrogen-bond donors (Lipinski definition) is 3. The first-order chi connectivity index (χ1) is 11.2. The van der Waals surface area contributed by atoms with Crippen LogP contribution in [0.3, 0.4) is 0 Å². The fourth-order valence-electron chi connectivity index (χ4n) is 2.18. The summed E-state index contributed by atoms with van der Waals surface area (Å²) in [6, 6.07) is 15.1. The number of nitrogens with one attached hydrogen (secondary N) is 3. The molecule has 0 unspecified atom stereocenters. The number of hydrogen-bond acceptors (Lipinski definition) is 4. The molecule has 5 heteroatoms. The molecule has 5 nitrogen and oxygen atoms in total. The Kier molecular flexibility index (Phi) is 6.44. The zero-order valence-electron chi connectivity index (χ0n) is 13.6. The van der Waals surface area contributed by atoms with Gasteiger partial charge in [-0.25, -0.2) is 0 Å². The molecule has 0 saturated heterocycles. The molecule has 122 valence electrons. The lowest BCUT2D eigenvalue weighted by atomic mass is 10.1. The predicted octanol–water partition coefficient (Wildman–Crippen LogP) is 2.78. The van der Waals surface area contributed by atoms with Crippen molar-refractivity contribution in [2.45, 2.75) is 6.42 Å². The van der Waals surface area contributed by atoms with Gasteiger partial charge in [-0.2, -0.15) is 0 Å². The molecule has 1 amide bonds. The molecule has 0 aliphatic carbocycles. The van der Waals surface area contributed by atoms with Crippen LogP contribution in [0.2, 0.25) is 0 Å². The van der Waals surface area contributed by atoms with E-state index < -0.39 is 0 Å². The zero-order valence-corrected chi connectivity index (χ0v) is 13.6. The van der Waals surface area contributed by atoms with Crippen LogP contribution in [0.1, 0.15) is 16.8 Å². The highest BCUT2D eigenvalue weighted by molar-refractivity contribution is 6.00. The molecule has 0 fully saturated rings. The van der Waals surface area contributed by atoms with E-state index in [0.29, 0.717) is 12.1 Å². The Morgan fingerprint density at radius 2 is 1.78 bits per heavy atom. The average molecular weight is 313 g/mol. The van der Waals surface area contributed by atoms with Crippen molar-refractivity contribution in [2.24, 2.45) is 0 Å². The average Bonchev–Trinajstić information content (AvgIpc) is 2.60. The molecular formula is C18H23N3O2. The molecular weight excluding hydrogens is 290 g/mol. The van der Waals surface area contributed by atoms with Crippen LogP contribution in [-0.4, -0.2) is 33.2 Å². The second-order valence-corrected chi connectivity index (χ2v) is 5.11. The number of ether oxygens (including phenoxy) is 1. The molecule has 0 aliphatic rings. The molecule has 0 aliphatic heterocycles. The standard InChI is InChI=1S/C18H23N3O2/c1-19-12-5-13-20-18(22)16-6-3-4-7-17(16)21-14-8-10-15(23-2)11-9-14/h3-4,6-11,19,21H,5,12-13H2,1-2H3,(H,20,22). The Balaban J connectivity index is 2.05. The third kappa shape index (κ3) is 5.00. The quantitative estimate of drug-likeness (QED) is 0.656. The highest BCUT2D eigenvalue weighted by Gasteiger charge is 2.10. The third-order valence-electron chi connectivity index (χ3n) is 3.43.